The fourth-order valence-electron chi connectivity index (χ4n) is 2.48. The zero-order valence-corrected chi connectivity index (χ0v) is 11.0. The second-order valence-electron chi connectivity index (χ2n) is 4.92. The Morgan fingerprint density at radius 3 is 2.82 bits per heavy atom. The molecule has 1 aliphatic rings. The van der Waals surface area contributed by atoms with Crippen molar-refractivity contribution in [2.45, 2.75) is 32.4 Å². The molecule has 1 heterocycles. The lowest BCUT2D eigenvalue weighted by Crippen LogP contribution is -2.17. The van der Waals surface area contributed by atoms with Crippen LogP contribution in [0.4, 0.5) is 0 Å². The lowest BCUT2D eigenvalue weighted by atomic mass is 10.1. The van der Waals surface area contributed by atoms with Gasteiger partial charge in [0.25, 0.3) is 0 Å². The number of rotatable bonds is 3. The van der Waals surface area contributed by atoms with Gasteiger partial charge < -0.3 is 9.88 Å². The average molecular weight is 249 g/mol. The molecule has 1 fully saturated rings. The van der Waals surface area contributed by atoms with Gasteiger partial charge >= 0.3 is 0 Å². The van der Waals surface area contributed by atoms with Gasteiger partial charge in [-0.1, -0.05) is 23.7 Å². The highest BCUT2D eigenvalue weighted by molar-refractivity contribution is 6.35. The Labute approximate surface area is 107 Å². The number of benzene rings is 1. The molecule has 1 saturated carbocycles. The normalized spacial score (nSPS) is 15.7. The minimum atomic E-state index is 0.739. The van der Waals surface area contributed by atoms with E-state index in [2.05, 4.69) is 29.9 Å². The van der Waals surface area contributed by atoms with Gasteiger partial charge in [-0.25, -0.2) is 0 Å². The van der Waals surface area contributed by atoms with Crippen molar-refractivity contribution in [3.8, 4) is 0 Å². The quantitative estimate of drug-likeness (QED) is 0.881. The van der Waals surface area contributed by atoms with Crippen LogP contribution < -0.4 is 5.32 Å². The SMILES string of the molecule is Cc1c(CNC2CC2)n(C)c2c(Cl)cccc12. The number of hydrogen-bond donors (Lipinski definition) is 1. The van der Waals surface area contributed by atoms with Crippen LogP contribution in [0.25, 0.3) is 10.9 Å². The average Bonchev–Trinajstić information content (AvgIpc) is 3.08. The molecule has 0 unspecified atom stereocenters. The van der Waals surface area contributed by atoms with E-state index in [1.54, 1.807) is 0 Å². The molecule has 0 aliphatic heterocycles. The van der Waals surface area contributed by atoms with Gasteiger partial charge in [0.05, 0.1) is 10.5 Å². The monoisotopic (exact) mass is 248 g/mol. The molecule has 1 N–H and O–H groups in total. The third kappa shape index (κ3) is 1.85. The van der Waals surface area contributed by atoms with Crippen LogP contribution >= 0.6 is 11.6 Å². The Balaban J connectivity index is 2.07. The van der Waals surface area contributed by atoms with E-state index in [1.807, 2.05) is 12.1 Å². The number of aromatic nitrogens is 1. The molecule has 2 aromatic rings. The maximum Gasteiger partial charge on any atom is 0.0672 e. The summed E-state index contributed by atoms with van der Waals surface area (Å²) < 4.78 is 2.22. The van der Waals surface area contributed by atoms with Gasteiger partial charge in [0, 0.05) is 30.7 Å². The highest BCUT2D eigenvalue weighted by Crippen LogP contribution is 2.30. The van der Waals surface area contributed by atoms with Gasteiger partial charge in [0.15, 0.2) is 0 Å². The van der Waals surface area contributed by atoms with E-state index >= 15 is 0 Å². The molecule has 1 aliphatic carbocycles. The van der Waals surface area contributed by atoms with Gasteiger partial charge in [-0.05, 0) is 31.4 Å². The molecule has 90 valence electrons. The number of hydrogen-bond acceptors (Lipinski definition) is 1. The lowest BCUT2D eigenvalue weighted by Gasteiger charge is -2.07. The molecule has 0 spiro atoms. The maximum atomic E-state index is 6.28. The van der Waals surface area contributed by atoms with Crippen LogP contribution in [0, 0.1) is 6.92 Å². The molecule has 1 aromatic heterocycles. The molecular weight excluding hydrogens is 232 g/mol. The maximum absolute atomic E-state index is 6.28. The molecule has 0 radical (unpaired) electrons. The van der Waals surface area contributed by atoms with E-state index < -0.39 is 0 Å². The van der Waals surface area contributed by atoms with Gasteiger partial charge in [-0.15, -0.1) is 0 Å². The summed E-state index contributed by atoms with van der Waals surface area (Å²) in [6.07, 6.45) is 2.65. The van der Waals surface area contributed by atoms with Crippen LogP contribution in [0.1, 0.15) is 24.1 Å². The first-order valence-corrected chi connectivity index (χ1v) is 6.52. The minimum absolute atomic E-state index is 0.739. The van der Waals surface area contributed by atoms with Gasteiger partial charge in [-0.2, -0.15) is 0 Å². The Kier molecular flexibility index (Phi) is 2.64. The summed E-state index contributed by atoms with van der Waals surface area (Å²) in [5, 5.41) is 5.68. The lowest BCUT2D eigenvalue weighted by molar-refractivity contribution is 0.652. The third-order valence-electron chi connectivity index (χ3n) is 3.70. The predicted octanol–water partition coefficient (Wildman–Crippen LogP) is 3.39. The standard InChI is InChI=1S/C14H17ClN2/c1-9-11-4-3-5-12(15)14(11)17(2)13(9)8-16-10-6-7-10/h3-5,10,16H,6-8H2,1-2H3. The van der Waals surface area contributed by atoms with Crippen molar-refractivity contribution in [1.29, 1.82) is 0 Å². The molecule has 1 aromatic carbocycles. The first-order valence-electron chi connectivity index (χ1n) is 6.14. The van der Waals surface area contributed by atoms with E-state index in [4.69, 9.17) is 11.6 Å². The van der Waals surface area contributed by atoms with Gasteiger partial charge in [0.2, 0.25) is 0 Å². The zero-order chi connectivity index (χ0) is 12.0. The predicted molar refractivity (Wildman–Crippen MR) is 72.5 cm³/mol. The summed E-state index contributed by atoms with van der Waals surface area (Å²) in [7, 11) is 2.10. The smallest absolute Gasteiger partial charge is 0.0672 e. The Morgan fingerprint density at radius 1 is 1.41 bits per heavy atom. The van der Waals surface area contributed by atoms with Crippen LogP contribution in [-0.2, 0) is 13.6 Å². The number of aryl methyl sites for hydroxylation is 2. The summed E-state index contributed by atoms with van der Waals surface area (Å²) in [5.41, 5.74) is 3.84. The number of halogens is 1. The Hall–Kier alpha value is -0.990. The van der Waals surface area contributed by atoms with Crippen molar-refractivity contribution < 1.29 is 0 Å². The van der Waals surface area contributed by atoms with Crippen LogP contribution in [0.5, 0.6) is 0 Å². The summed E-state index contributed by atoms with van der Waals surface area (Å²) in [6.45, 7) is 3.13. The van der Waals surface area contributed by atoms with Crippen LogP contribution in [0.3, 0.4) is 0 Å². The van der Waals surface area contributed by atoms with Crippen molar-refractivity contribution in [2.75, 3.05) is 0 Å². The number of nitrogens with one attached hydrogen (secondary N) is 1. The first-order chi connectivity index (χ1) is 8.18. The number of para-hydroxylation sites is 1. The van der Waals surface area contributed by atoms with Crippen molar-refractivity contribution in [3.05, 3.63) is 34.5 Å². The van der Waals surface area contributed by atoms with E-state index in [9.17, 15) is 0 Å². The molecule has 3 rings (SSSR count). The topological polar surface area (TPSA) is 17.0 Å². The highest BCUT2D eigenvalue weighted by Gasteiger charge is 2.21. The van der Waals surface area contributed by atoms with Gasteiger partial charge in [0.1, 0.15) is 0 Å². The molecule has 0 atom stereocenters. The van der Waals surface area contributed by atoms with Crippen LogP contribution in [0.2, 0.25) is 5.02 Å². The van der Waals surface area contributed by atoms with Crippen molar-refractivity contribution in [3.63, 3.8) is 0 Å². The van der Waals surface area contributed by atoms with Crippen LogP contribution in [-0.4, -0.2) is 10.6 Å². The van der Waals surface area contributed by atoms with Gasteiger partial charge in [-0.3, -0.25) is 0 Å². The van der Waals surface area contributed by atoms with Crippen molar-refractivity contribution >= 4 is 22.5 Å². The fraction of sp³-hybridized carbons (Fsp3) is 0.429. The second kappa shape index (κ2) is 4.04. The molecule has 0 saturated heterocycles. The Bertz CT molecular complexity index is 567. The van der Waals surface area contributed by atoms with Crippen molar-refractivity contribution in [2.24, 2.45) is 7.05 Å². The summed E-state index contributed by atoms with van der Waals surface area (Å²) in [4.78, 5) is 0. The van der Waals surface area contributed by atoms with E-state index in [0.29, 0.717) is 0 Å². The van der Waals surface area contributed by atoms with Crippen LogP contribution in [0.15, 0.2) is 18.2 Å². The summed E-state index contributed by atoms with van der Waals surface area (Å²) >= 11 is 6.28. The third-order valence-corrected chi connectivity index (χ3v) is 4.00. The first kappa shape index (κ1) is 11.1. The molecule has 2 nitrogen and oxygen atoms in total. The molecule has 17 heavy (non-hydrogen) atoms. The largest absolute Gasteiger partial charge is 0.345 e. The highest BCUT2D eigenvalue weighted by atomic mass is 35.5. The van der Waals surface area contributed by atoms with Crippen molar-refractivity contribution in [1.82, 2.24) is 9.88 Å². The Morgan fingerprint density at radius 2 is 2.18 bits per heavy atom. The molecule has 3 heteroatoms. The van der Waals surface area contributed by atoms with E-state index in [1.165, 1.54) is 29.5 Å². The molecular formula is C14H17ClN2. The fourth-order valence-corrected chi connectivity index (χ4v) is 2.78. The van der Waals surface area contributed by atoms with E-state index in [0.717, 1.165) is 23.1 Å². The molecule has 0 bridgehead atoms. The van der Waals surface area contributed by atoms with E-state index in [-0.39, 0.29) is 0 Å². The summed E-state index contributed by atoms with van der Waals surface area (Å²) in [5.74, 6) is 0. The number of nitrogens with zero attached hydrogens (tertiary/aromatic N) is 1. The minimum Gasteiger partial charge on any atom is -0.345 e. The summed E-state index contributed by atoms with van der Waals surface area (Å²) in [6, 6.07) is 6.87. The zero-order valence-electron chi connectivity index (χ0n) is 10.3. The number of fused-ring (bicyclic) bond motifs is 1. The second-order valence-corrected chi connectivity index (χ2v) is 5.33. The molecule has 0 amide bonds.